The van der Waals surface area contributed by atoms with Gasteiger partial charge in [0.2, 0.25) is 0 Å². The molecule has 8 nitrogen and oxygen atoms in total. The van der Waals surface area contributed by atoms with Gasteiger partial charge in [-0.2, -0.15) is 0 Å². The number of pyridine rings is 1. The molecule has 2 rings (SSSR count). The lowest BCUT2D eigenvalue weighted by Crippen LogP contribution is -2.31. The first kappa shape index (κ1) is 17.2. The molecule has 0 saturated heterocycles. The van der Waals surface area contributed by atoms with E-state index in [4.69, 9.17) is 10.2 Å². The Bertz CT molecular complexity index is 760. The highest BCUT2D eigenvalue weighted by atomic mass is 16.4. The number of carbonyl (C=O) groups is 1. The molecule has 8 heteroatoms. The Labute approximate surface area is 132 Å². The molecule has 0 unspecified atom stereocenters. The van der Waals surface area contributed by atoms with Gasteiger partial charge in [-0.1, -0.05) is 13.8 Å². The fraction of sp³-hybridized carbons (Fsp3) is 0.533. The zero-order valence-corrected chi connectivity index (χ0v) is 13.1. The molecule has 0 bridgehead atoms. The van der Waals surface area contributed by atoms with E-state index in [9.17, 15) is 14.7 Å². The zero-order chi connectivity index (χ0) is 17.1. The van der Waals surface area contributed by atoms with Crippen LogP contribution in [0.4, 0.5) is 0 Å². The van der Waals surface area contributed by atoms with Gasteiger partial charge in [-0.15, -0.1) is 0 Å². The Morgan fingerprint density at radius 2 is 2.00 bits per heavy atom. The molecular weight excluding hydrogens is 302 g/mol. The molecule has 0 saturated carbocycles. The van der Waals surface area contributed by atoms with Gasteiger partial charge in [-0.05, 0) is 18.9 Å². The van der Waals surface area contributed by atoms with Gasteiger partial charge in [0.05, 0.1) is 30.3 Å². The molecule has 0 aliphatic carbocycles. The van der Waals surface area contributed by atoms with Crippen LogP contribution in [-0.4, -0.2) is 48.1 Å². The number of hydrogen-bond acceptors (Lipinski definition) is 5. The van der Waals surface area contributed by atoms with E-state index in [-0.39, 0.29) is 23.8 Å². The number of hydrogen-bond donors (Lipinski definition) is 3. The van der Waals surface area contributed by atoms with Crippen LogP contribution in [-0.2, 0) is 6.54 Å². The summed E-state index contributed by atoms with van der Waals surface area (Å²) in [6, 6.07) is 1.30. The summed E-state index contributed by atoms with van der Waals surface area (Å²) in [5, 5.41) is 27.8. The van der Waals surface area contributed by atoms with Crippen LogP contribution >= 0.6 is 0 Å². The molecular formula is C15H21N3O5. The molecule has 1 atom stereocenters. The maximum Gasteiger partial charge on any atom is 0.337 e. The molecule has 23 heavy (non-hydrogen) atoms. The number of imidazole rings is 1. The Balaban J connectivity index is 2.74. The van der Waals surface area contributed by atoms with E-state index in [0.717, 1.165) is 12.8 Å². The highest BCUT2D eigenvalue weighted by Gasteiger charge is 2.22. The summed E-state index contributed by atoms with van der Waals surface area (Å²) >= 11 is 0. The number of rotatable bonds is 7. The third kappa shape index (κ3) is 3.13. The molecule has 0 aliphatic heterocycles. The molecule has 0 fully saturated rings. The number of carboxylic acid groups (broad SMARTS) is 1. The quantitative estimate of drug-likeness (QED) is 0.687. The van der Waals surface area contributed by atoms with Crippen molar-refractivity contribution in [2.45, 2.75) is 45.4 Å². The summed E-state index contributed by atoms with van der Waals surface area (Å²) in [5.74, 6) is -1.14. The molecule has 126 valence electrons. The number of aliphatic hydroxyl groups excluding tert-OH is 2. The van der Waals surface area contributed by atoms with Gasteiger partial charge in [0.25, 0.3) is 0 Å². The van der Waals surface area contributed by atoms with Gasteiger partial charge >= 0.3 is 11.7 Å². The lowest BCUT2D eigenvalue weighted by Gasteiger charge is -2.13. The van der Waals surface area contributed by atoms with Gasteiger partial charge in [0.15, 0.2) is 5.65 Å². The third-order valence-electron chi connectivity index (χ3n) is 3.96. The summed E-state index contributed by atoms with van der Waals surface area (Å²) in [4.78, 5) is 28.0. The Hall–Kier alpha value is -2.19. The van der Waals surface area contributed by atoms with Crippen molar-refractivity contribution in [3.63, 3.8) is 0 Å². The number of nitrogens with zero attached hydrogens (tertiary/aromatic N) is 3. The predicted molar refractivity (Wildman–Crippen MR) is 83.7 cm³/mol. The van der Waals surface area contributed by atoms with Gasteiger partial charge in [-0.3, -0.25) is 9.13 Å². The number of aromatic nitrogens is 3. The first-order valence-electron chi connectivity index (χ1n) is 7.57. The van der Waals surface area contributed by atoms with Crippen LogP contribution in [0.5, 0.6) is 0 Å². The van der Waals surface area contributed by atoms with Crippen molar-refractivity contribution in [2.24, 2.45) is 0 Å². The van der Waals surface area contributed by atoms with E-state index < -0.39 is 18.7 Å². The Morgan fingerprint density at radius 3 is 2.52 bits per heavy atom. The molecule has 2 aromatic heterocycles. The highest BCUT2D eigenvalue weighted by molar-refractivity contribution is 5.91. The average Bonchev–Trinajstić information content (AvgIpc) is 2.81. The van der Waals surface area contributed by atoms with Gasteiger partial charge in [0, 0.05) is 12.2 Å². The van der Waals surface area contributed by atoms with Crippen molar-refractivity contribution in [1.29, 1.82) is 0 Å². The van der Waals surface area contributed by atoms with Crippen molar-refractivity contribution in [1.82, 2.24) is 14.1 Å². The zero-order valence-electron chi connectivity index (χ0n) is 13.1. The van der Waals surface area contributed by atoms with Gasteiger partial charge in [-0.25, -0.2) is 14.6 Å². The summed E-state index contributed by atoms with van der Waals surface area (Å²) in [7, 11) is 0. The minimum Gasteiger partial charge on any atom is -0.478 e. The molecule has 0 amide bonds. The number of fused-ring (bicyclic) bond motifs is 1. The summed E-state index contributed by atoms with van der Waals surface area (Å²) in [5.41, 5.74) is 0.329. The van der Waals surface area contributed by atoms with Crippen LogP contribution in [0, 0.1) is 0 Å². The lowest BCUT2D eigenvalue weighted by atomic mass is 10.1. The van der Waals surface area contributed by atoms with Crippen molar-refractivity contribution in [3.05, 3.63) is 28.3 Å². The van der Waals surface area contributed by atoms with Crippen molar-refractivity contribution < 1.29 is 20.1 Å². The molecule has 0 spiro atoms. The monoisotopic (exact) mass is 323 g/mol. The van der Waals surface area contributed by atoms with Crippen LogP contribution in [0.15, 0.2) is 17.1 Å². The van der Waals surface area contributed by atoms with Crippen molar-refractivity contribution in [2.75, 3.05) is 6.61 Å². The summed E-state index contributed by atoms with van der Waals surface area (Å²) in [6.45, 7) is 3.30. The van der Waals surface area contributed by atoms with Gasteiger partial charge < -0.3 is 15.3 Å². The predicted octanol–water partition coefficient (Wildman–Crippen LogP) is 0.611. The number of aromatic carboxylic acids is 1. The van der Waals surface area contributed by atoms with E-state index >= 15 is 0 Å². The standard InChI is InChI=1S/C15H21N3O5/c1-3-10(4-2)18-13-12(5-9(6-16-13)14(21)22)17(15(18)23)7-11(20)8-19/h5-6,10-11,19-20H,3-4,7-8H2,1-2H3,(H,21,22)/t11-/m1/s1. The second-order valence-electron chi connectivity index (χ2n) is 5.44. The van der Waals surface area contributed by atoms with Crippen LogP contribution in [0.1, 0.15) is 43.1 Å². The average molecular weight is 323 g/mol. The lowest BCUT2D eigenvalue weighted by molar-refractivity contribution is 0.0696. The number of aliphatic hydroxyl groups is 2. The van der Waals surface area contributed by atoms with Crippen molar-refractivity contribution in [3.8, 4) is 0 Å². The Morgan fingerprint density at radius 1 is 1.35 bits per heavy atom. The van der Waals surface area contributed by atoms with Crippen LogP contribution in [0.3, 0.4) is 0 Å². The third-order valence-corrected chi connectivity index (χ3v) is 3.96. The molecule has 2 aromatic rings. The minimum absolute atomic E-state index is 0.0357. The molecule has 0 aliphatic rings. The van der Waals surface area contributed by atoms with Crippen LogP contribution in [0.2, 0.25) is 0 Å². The second-order valence-corrected chi connectivity index (χ2v) is 5.44. The van der Waals surface area contributed by atoms with E-state index in [1.807, 2.05) is 13.8 Å². The maximum absolute atomic E-state index is 12.7. The smallest absolute Gasteiger partial charge is 0.337 e. The van der Waals surface area contributed by atoms with E-state index in [1.54, 1.807) is 0 Å². The first-order chi connectivity index (χ1) is 10.9. The largest absolute Gasteiger partial charge is 0.478 e. The number of carboxylic acids is 1. The molecule has 2 heterocycles. The summed E-state index contributed by atoms with van der Waals surface area (Å²) < 4.78 is 2.80. The highest BCUT2D eigenvalue weighted by Crippen LogP contribution is 2.21. The minimum atomic E-state index is -1.14. The van der Waals surface area contributed by atoms with Crippen molar-refractivity contribution >= 4 is 17.1 Å². The first-order valence-corrected chi connectivity index (χ1v) is 7.57. The normalized spacial score (nSPS) is 12.9. The fourth-order valence-electron chi connectivity index (χ4n) is 2.70. The van der Waals surface area contributed by atoms with Gasteiger partial charge in [0.1, 0.15) is 0 Å². The van der Waals surface area contributed by atoms with Crippen LogP contribution in [0.25, 0.3) is 11.2 Å². The molecule has 3 N–H and O–H groups in total. The molecule has 0 radical (unpaired) electrons. The van der Waals surface area contributed by atoms with E-state index in [1.165, 1.54) is 21.4 Å². The topological polar surface area (TPSA) is 118 Å². The Kier molecular flexibility index (Phi) is 5.17. The fourth-order valence-corrected chi connectivity index (χ4v) is 2.70. The summed E-state index contributed by atoms with van der Waals surface area (Å²) in [6.07, 6.45) is 1.55. The van der Waals surface area contributed by atoms with E-state index in [0.29, 0.717) is 11.2 Å². The second kappa shape index (κ2) is 6.93. The van der Waals surface area contributed by atoms with E-state index in [2.05, 4.69) is 4.98 Å². The molecule has 0 aromatic carbocycles. The SMILES string of the molecule is CCC(CC)n1c(=O)n(C[C@@H](O)CO)c2cc(C(=O)O)cnc21. The maximum atomic E-state index is 12.7. The van der Waals surface area contributed by atoms with Crippen LogP contribution < -0.4 is 5.69 Å².